The molecule has 4 aromatic carbocycles. The van der Waals surface area contributed by atoms with Crippen molar-refractivity contribution >= 4 is 84.2 Å². The molecule has 442 valence electrons. The molecule has 2 saturated heterocycles. The van der Waals surface area contributed by atoms with Crippen molar-refractivity contribution in [2.45, 2.75) is 94.6 Å². The fraction of sp³-hybridized carbons (Fsp3) is 0.410. The van der Waals surface area contributed by atoms with Crippen LogP contribution < -0.4 is 31.8 Å². The second-order valence-electron chi connectivity index (χ2n) is 23.7. The first-order valence-electron chi connectivity index (χ1n) is 28.2. The summed E-state index contributed by atoms with van der Waals surface area (Å²) < 4.78 is 46.5. The number of hydrogen-bond acceptors (Lipinski definition) is 16. The topological polar surface area (TPSA) is 215 Å². The molecule has 21 nitrogen and oxygen atoms in total. The number of nitrogens with zero attached hydrogens (tertiary/aromatic N) is 11. The standard InChI is InChI=1S/C61H77N13O8Si2/c1-60(2,3)83(41-25-17-13-18-26-41,42-27-19-14-20-28-42)79-35-46-45(50(76-11)57(80-46)73-39-64-48-53(66-37-71(7)8)62-36-63-54(48)73)33-68-78-34-47-51(82-84(61(4,5)6,43-29-21-15-22-30-43)44-31-23-16-24-32-44)52(77-12)58(81-47)74-40-65-49-55(74)69-59(70-56(49)75)67-38-72(9)10/h13-32,36-40,45-47,50-52,57-58,68H,33-35H2,1-12H3,(H,69,70,75)/b66-37+,67-38+/t45-,46-,47-,50-,51-,52-,57-,58-/m1/s1. The number of aromatic amines is 1. The molecule has 6 heterocycles. The van der Waals surface area contributed by atoms with Gasteiger partial charge in [0.25, 0.3) is 22.2 Å². The summed E-state index contributed by atoms with van der Waals surface area (Å²) in [6.07, 6.45) is 3.00. The highest BCUT2D eigenvalue weighted by molar-refractivity contribution is 7.00. The average Bonchev–Trinajstić information content (AvgIpc) is 1.32. The van der Waals surface area contributed by atoms with Crippen molar-refractivity contribution in [3.8, 4) is 0 Å². The molecule has 84 heavy (non-hydrogen) atoms. The highest BCUT2D eigenvalue weighted by Crippen LogP contribution is 2.44. The molecule has 0 aliphatic carbocycles. The van der Waals surface area contributed by atoms with E-state index >= 15 is 0 Å². The summed E-state index contributed by atoms with van der Waals surface area (Å²) in [4.78, 5) is 58.8. The largest absolute Gasteiger partial charge is 0.405 e. The average molecular weight is 1180 g/mol. The Kier molecular flexibility index (Phi) is 18.0. The number of imidazole rings is 2. The van der Waals surface area contributed by atoms with Crippen LogP contribution in [0.3, 0.4) is 0 Å². The molecule has 23 heteroatoms. The van der Waals surface area contributed by atoms with Gasteiger partial charge in [-0.15, -0.1) is 0 Å². The Morgan fingerprint density at radius 1 is 0.619 bits per heavy atom. The molecule has 2 aliphatic heterocycles. The van der Waals surface area contributed by atoms with Crippen LogP contribution in [0.25, 0.3) is 22.3 Å². The van der Waals surface area contributed by atoms with Gasteiger partial charge in [-0.3, -0.25) is 23.8 Å². The number of fused-ring (bicyclic) bond motifs is 2. The Morgan fingerprint density at radius 3 is 1.65 bits per heavy atom. The Labute approximate surface area is 492 Å². The second kappa shape index (κ2) is 25.2. The molecule has 10 rings (SSSR count). The summed E-state index contributed by atoms with van der Waals surface area (Å²) >= 11 is 0. The molecule has 8 aromatic rings. The maximum absolute atomic E-state index is 13.6. The Hall–Kier alpha value is -7.17. The predicted molar refractivity (Wildman–Crippen MR) is 330 cm³/mol. The van der Waals surface area contributed by atoms with Gasteiger partial charge >= 0.3 is 0 Å². The van der Waals surface area contributed by atoms with Crippen molar-refractivity contribution in [3.63, 3.8) is 0 Å². The van der Waals surface area contributed by atoms with Crippen molar-refractivity contribution in [1.29, 1.82) is 0 Å². The van der Waals surface area contributed by atoms with E-state index in [-0.39, 0.29) is 47.8 Å². The zero-order valence-corrected chi connectivity index (χ0v) is 51.9. The highest BCUT2D eigenvalue weighted by atomic mass is 28.4. The van der Waals surface area contributed by atoms with Gasteiger partial charge in [-0.1, -0.05) is 163 Å². The van der Waals surface area contributed by atoms with Crippen LogP contribution in [0, 0.1) is 5.92 Å². The Morgan fingerprint density at radius 2 is 1.12 bits per heavy atom. The first-order valence-corrected chi connectivity index (χ1v) is 32.0. The molecule has 0 spiro atoms. The first kappa shape index (κ1) is 60.0. The van der Waals surface area contributed by atoms with Crippen molar-refractivity contribution in [3.05, 3.63) is 151 Å². The minimum atomic E-state index is -3.29. The maximum atomic E-state index is 13.6. The summed E-state index contributed by atoms with van der Waals surface area (Å²) in [6, 6.07) is 42.0. The monoisotopic (exact) mass is 1180 g/mol. The smallest absolute Gasteiger partial charge is 0.280 e. The summed E-state index contributed by atoms with van der Waals surface area (Å²) in [6.45, 7) is 13.9. The molecule has 0 radical (unpaired) electrons. The van der Waals surface area contributed by atoms with Crippen LogP contribution >= 0.6 is 0 Å². The van der Waals surface area contributed by atoms with E-state index in [1.165, 1.54) is 6.33 Å². The highest BCUT2D eigenvalue weighted by Gasteiger charge is 2.58. The number of aliphatic imine (C=N–C) groups is 2. The van der Waals surface area contributed by atoms with E-state index in [9.17, 15) is 4.79 Å². The van der Waals surface area contributed by atoms with Gasteiger partial charge in [-0.25, -0.2) is 35.4 Å². The van der Waals surface area contributed by atoms with Crippen LogP contribution in [-0.4, -0.2) is 171 Å². The van der Waals surface area contributed by atoms with Gasteiger partial charge in [0.05, 0.1) is 44.6 Å². The van der Waals surface area contributed by atoms with Gasteiger partial charge < -0.3 is 37.6 Å². The number of methoxy groups -OCH3 is 2. The summed E-state index contributed by atoms with van der Waals surface area (Å²) in [5, 5.41) is 3.71. The number of benzene rings is 4. The number of hydroxylamine groups is 1. The fourth-order valence-corrected chi connectivity index (χ4v) is 21.2. The fourth-order valence-electron chi connectivity index (χ4n) is 11.9. The van der Waals surface area contributed by atoms with Gasteiger partial charge in [0.1, 0.15) is 30.7 Å². The van der Waals surface area contributed by atoms with Crippen molar-refractivity contribution < 1.29 is 32.6 Å². The molecule has 2 fully saturated rings. The number of rotatable bonds is 22. The van der Waals surface area contributed by atoms with Crippen LogP contribution in [0.5, 0.6) is 0 Å². The van der Waals surface area contributed by atoms with Crippen LogP contribution in [0.15, 0.2) is 155 Å². The number of nitrogens with one attached hydrogen (secondary N) is 2. The number of hydrogen-bond donors (Lipinski definition) is 2. The van der Waals surface area contributed by atoms with Gasteiger partial charge in [0.15, 0.2) is 40.6 Å². The van der Waals surface area contributed by atoms with Crippen molar-refractivity contribution in [2.75, 3.05) is 62.2 Å². The van der Waals surface area contributed by atoms with E-state index in [1.807, 2.05) is 61.9 Å². The molecular weight excluding hydrogens is 1100 g/mol. The lowest BCUT2D eigenvalue weighted by Gasteiger charge is -2.45. The lowest BCUT2D eigenvalue weighted by molar-refractivity contribution is -0.0908. The Bertz CT molecular complexity index is 3500. The van der Waals surface area contributed by atoms with Gasteiger partial charge in [-0.05, 0) is 30.8 Å². The number of H-pyrrole nitrogens is 1. The zero-order chi connectivity index (χ0) is 59.4. The quantitative estimate of drug-likeness (QED) is 0.0266. The van der Waals surface area contributed by atoms with Gasteiger partial charge in [-0.2, -0.15) is 4.98 Å². The molecule has 0 unspecified atom stereocenters. The van der Waals surface area contributed by atoms with E-state index in [4.69, 9.17) is 47.6 Å². The van der Waals surface area contributed by atoms with Crippen molar-refractivity contribution in [2.24, 2.45) is 15.9 Å². The third-order valence-electron chi connectivity index (χ3n) is 15.7. The van der Waals surface area contributed by atoms with Crippen LogP contribution in [0.4, 0.5) is 11.8 Å². The Balaban J connectivity index is 1.01. The van der Waals surface area contributed by atoms with E-state index in [0.717, 1.165) is 20.7 Å². The van der Waals surface area contributed by atoms with Gasteiger partial charge in [0.2, 0.25) is 5.95 Å². The van der Waals surface area contributed by atoms with E-state index in [1.54, 1.807) is 49.0 Å². The summed E-state index contributed by atoms with van der Waals surface area (Å²) in [5.74, 6) is 0.157. The molecular formula is C61H77N13O8Si2. The summed E-state index contributed by atoms with van der Waals surface area (Å²) in [5.41, 5.74) is 4.36. The van der Waals surface area contributed by atoms with Crippen LogP contribution in [-0.2, 0) is 32.6 Å². The van der Waals surface area contributed by atoms with E-state index in [0.29, 0.717) is 17.0 Å². The zero-order valence-electron chi connectivity index (χ0n) is 49.9. The van der Waals surface area contributed by atoms with E-state index in [2.05, 4.69) is 169 Å². The first-order chi connectivity index (χ1) is 40.4. The molecule has 0 bridgehead atoms. The lowest BCUT2D eigenvalue weighted by atomic mass is 9.98. The predicted octanol–water partition coefficient (Wildman–Crippen LogP) is 5.89. The SMILES string of the molecule is CO[C@@H]1[C@H](CNOC[C@H]2O[C@@H](n3cnc4c(=O)[nH]c(/N=C/N(C)C)nc43)[C@H](OC)[C@@H]2O[Si](c2ccccc2)(c2ccccc2)C(C)(C)C)[C@@H](CO[Si](c2ccccc2)(c2ccccc2)C(C)(C)C)O[C@H]1n1cnc2c(/N=C/N(C)C)ncnc21. The third-order valence-corrected chi connectivity index (χ3v) is 25.8. The molecule has 2 N–H and O–H groups in total. The lowest BCUT2D eigenvalue weighted by Crippen LogP contribution is -2.69. The van der Waals surface area contributed by atoms with Crippen LogP contribution in [0.1, 0.15) is 54.0 Å². The molecule has 0 saturated carbocycles. The molecule has 0 amide bonds. The minimum Gasteiger partial charge on any atom is -0.405 e. The second-order valence-corrected chi connectivity index (χ2v) is 32.3. The van der Waals surface area contributed by atoms with Crippen molar-refractivity contribution in [1.82, 2.24) is 54.3 Å². The minimum absolute atomic E-state index is 0.00451. The third kappa shape index (κ3) is 11.7. The number of aromatic nitrogens is 8. The van der Waals surface area contributed by atoms with Gasteiger partial charge in [0, 0.05) is 54.9 Å². The molecule has 4 aromatic heterocycles. The van der Waals surface area contributed by atoms with E-state index < -0.39 is 70.2 Å². The normalized spacial score (nSPS) is 21.6. The van der Waals surface area contributed by atoms with Crippen LogP contribution in [0.2, 0.25) is 10.1 Å². The maximum Gasteiger partial charge on any atom is 0.280 e. The molecule has 2 aliphatic rings. The summed E-state index contributed by atoms with van der Waals surface area (Å²) in [7, 11) is 4.42. The number of ether oxygens (including phenoxy) is 4. The molecule has 8 atom stereocenters.